The molecule has 3 aliphatic rings. The normalized spacial score (nSPS) is 22.0. The number of pyridine rings is 1. The number of hydrogen-bond donors (Lipinski definition) is 2. The van der Waals surface area contributed by atoms with Gasteiger partial charge in [-0.05, 0) is 37.8 Å². The highest BCUT2D eigenvalue weighted by Gasteiger charge is 2.43. The lowest BCUT2D eigenvalue weighted by Gasteiger charge is -2.44. The standard InChI is InChI=1S/C19H25FN4O4/c1-18(20)8-24(9-18)14-5-4-13(22-17(14)28-7-12-2-3-12)16(26)23-19(6-15(21)25)10-27-11-19/h4-5,12H,2-3,6-11H2,1H3,(H2,21,25)(H,23,26). The average Bonchev–Trinajstić information content (AvgIpc) is 3.39. The number of alkyl halides is 1. The number of rotatable bonds is 8. The summed E-state index contributed by atoms with van der Waals surface area (Å²) < 4.78 is 24.9. The van der Waals surface area contributed by atoms with Gasteiger partial charge in [0.25, 0.3) is 5.91 Å². The first kappa shape index (κ1) is 18.9. The van der Waals surface area contributed by atoms with Gasteiger partial charge in [-0.3, -0.25) is 9.59 Å². The summed E-state index contributed by atoms with van der Waals surface area (Å²) >= 11 is 0. The molecule has 1 aromatic rings. The molecule has 1 saturated carbocycles. The lowest BCUT2D eigenvalue weighted by molar-refractivity contribution is -0.127. The second kappa shape index (κ2) is 6.88. The maximum absolute atomic E-state index is 13.9. The zero-order valence-corrected chi connectivity index (χ0v) is 15.9. The van der Waals surface area contributed by atoms with Gasteiger partial charge in [0.05, 0.1) is 44.9 Å². The van der Waals surface area contributed by atoms with Gasteiger partial charge in [-0.25, -0.2) is 9.37 Å². The fourth-order valence-electron chi connectivity index (χ4n) is 3.51. The number of nitrogens with one attached hydrogen (secondary N) is 1. The Hall–Kier alpha value is -2.42. The van der Waals surface area contributed by atoms with E-state index in [1.165, 1.54) is 0 Å². The van der Waals surface area contributed by atoms with Crippen LogP contribution in [0.4, 0.5) is 10.1 Å². The van der Waals surface area contributed by atoms with Crippen LogP contribution in [0.5, 0.6) is 5.88 Å². The fraction of sp³-hybridized carbons (Fsp3) is 0.632. The molecule has 3 heterocycles. The summed E-state index contributed by atoms with van der Waals surface area (Å²) in [5, 5.41) is 2.82. The maximum atomic E-state index is 13.9. The van der Waals surface area contributed by atoms with Crippen molar-refractivity contribution >= 4 is 17.5 Å². The predicted octanol–water partition coefficient (Wildman–Crippen LogP) is 0.793. The van der Waals surface area contributed by atoms with Crippen molar-refractivity contribution in [3.05, 3.63) is 17.8 Å². The van der Waals surface area contributed by atoms with E-state index in [-0.39, 0.29) is 38.4 Å². The van der Waals surface area contributed by atoms with Gasteiger partial charge in [0.15, 0.2) is 0 Å². The Kier molecular flexibility index (Phi) is 4.65. The third-order valence-electron chi connectivity index (χ3n) is 5.26. The number of aromatic nitrogens is 1. The van der Waals surface area contributed by atoms with Crippen molar-refractivity contribution in [2.75, 3.05) is 37.8 Å². The molecule has 4 rings (SSSR count). The first-order valence-electron chi connectivity index (χ1n) is 9.52. The van der Waals surface area contributed by atoms with E-state index >= 15 is 0 Å². The first-order valence-corrected chi connectivity index (χ1v) is 9.52. The van der Waals surface area contributed by atoms with Crippen molar-refractivity contribution in [3.8, 4) is 5.88 Å². The van der Waals surface area contributed by atoms with E-state index in [1.807, 2.05) is 4.90 Å². The van der Waals surface area contributed by atoms with Gasteiger partial charge in [-0.1, -0.05) is 0 Å². The minimum atomic E-state index is -1.23. The van der Waals surface area contributed by atoms with Crippen LogP contribution in [0.15, 0.2) is 12.1 Å². The molecule has 1 aromatic heterocycles. The van der Waals surface area contributed by atoms with Crippen LogP contribution in [0, 0.1) is 5.92 Å². The topological polar surface area (TPSA) is 107 Å². The van der Waals surface area contributed by atoms with Crippen LogP contribution in [0.1, 0.15) is 36.7 Å². The lowest BCUT2D eigenvalue weighted by atomic mass is 9.92. The monoisotopic (exact) mass is 392 g/mol. The number of nitrogens with two attached hydrogens (primary N) is 1. The Bertz CT molecular complexity index is 784. The Morgan fingerprint density at radius 1 is 1.39 bits per heavy atom. The SMILES string of the molecule is CC1(F)CN(c2ccc(C(=O)NC3(CC(N)=O)COC3)nc2OCC2CC2)C1. The summed E-state index contributed by atoms with van der Waals surface area (Å²) in [5.74, 6) is -0.0801. The highest BCUT2D eigenvalue weighted by atomic mass is 19.1. The minimum Gasteiger partial charge on any atom is -0.476 e. The zero-order chi connectivity index (χ0) is 19.9. The Morgan fingerprint density at radius 2 is 2.11 bits per heavy atom. The van der Waals surface area contributed by atoms with Crippen molar-refractivity contribution in [2.24, 2.45) is 11.7 Å². The summed E-state index contributed by atoms with van der Waals surface area (Å²) in [6.45, 7) is 3.08. The minimum absolute atomic E-state index is 0.00468. The van der Waals surface area contributed by atoms with Crippen LogP contribution in [-0.2, 0) is 9.53 Å². The smallest absolute Gasteiger partial charge is 0.270 e. The summed E-state index contributed by atoms with van der Waals surface area (Å²) in [6, 6.07) is 3.32. The van der Waals surface area contributed by atoms with E-state index < -0.39 is 23.0 Å². The molecule has 0 aromatic carbocycles. The van der Waals surface area contributed by atoms with Gasteiger partial charge in [-0.2, -0.15) is 0 Å². The molecular formula is C19H25FN4O4. The number of carbonyl (C=O) groups is 2. The molecule has 2 aliphatic heterocycles. The lowest BCUT2D eigenvalue weighted by Crippen LogP contribution is -2.63. The van der Waals surface area contributed by atoms with Gasteiger partial charge in [-0.15, -0.1) is 0 Å². The highest BCUT2D eigenvalue weighted by Crippen LogP contribution is 2.37. The molecule has 1 aliphatic carbocycles. The molecule has 9 heteroatoms. The number of halogens is 1. The zero-order valence-electron chi connectivity index (χ0n) is 15.9. The van der Waals surface area contributed by atoms with Gasteiger partial charge >= 0.3 is 0 Å². The van der Waals surface area contributed by atoms with Gasteiger partial charge < -0.3 is 25.4 Å². The molecule has 0 radical (unpaired) electrons. The number of hydrogen-bond acceptors (Lipinski definition) is 6. The van der Waals surface area contributed by atoms with Crippen molar-refractivity contribution in [1.82, 2.24) is 10.3 Å². The summed E-state index contributed by atoms with van der Waals surface area (Å²) in [7, 11) is 0. The molecule has 0 atom stereocenters. The number of anilines is 1. The van der Waals surface area contributed by atoms with E-state index in [1.54, 1.807) is 19.1 Å². The third kappa shape index (κ3) is 4.04. The van der Waals surface area contributed by atoms with Crippen molar-refractivity contribution < 1.29 is 23.5 Å². The molecule has 8 nitrogen and oxygen atoms in total. The van der Waals surface area contributed by atoms with Crippen LogP contribution in [0.3, 0.4) is 0 Å². The quantitative estimate of drug-likeness (QED) is 0.678. The van der Waals surface area contributed by atoms with Crippen molar-refractivity contribution in [1.29, 1.82) is 0 Å². The van der Waals surface area contributed by atoms with Crippen LogP contribution in [-0.4, -0.2) is 60.9 Å². The van der Waals surface area contributed by atoms with E-state index in [4.69, 9.17) is 15.2 Å². The largest absolute Gasteiger partial charge is 0.476 e. The second-order valence-corrected chi connectivity index (χ2v) is 8.41. The Morgan fingerprint density at radius 3 is 2.64 bits per heavy atom. The molecule has 28 heavy (non-hydrogen) atoms. The molecule has 2 amide bonds. The maximum Gasteiger partial charge on any atom is 0.270 e. The number of primary amides is 1. The Labute approximate surface area is 162 Å². The average molecular weight is 392 g/mol. The van der Waals surface area contributed by atoms with Crippen LogP contribution in [0.25, 0.3) is 0 Å². The molecule has 0 spiro atoms. The molecule has 3 fully saturated rings. The van der Waals surface area contributed by atoms with Crippen molar-refractivity contribution in [2.45, 2.75) is 37.4 Å². The van der Waals surface area contributed by atoms with Crippen LogP contribution in [0.2, 0.25) is 0 Å². The van der Waals surface area contributed by atoms with E-state index in [0.29, 0.717) is 24.1 Å². The second-order valence-electron chi connectivity index (χ2n) is 8.41. The molecule has 3 N–H and O–H groups in total. The summed E-state index contributed by atoms with van der Waals surface area (Å²) in [6.07, 6.45) is 2.25. The Balaban J connectivity index is 1.51. The van der Waals surface area contributed by atoms with Gasteiger partial charge in [0, 0.05) is 0 Å². The molecule has 0 unspecified atom stereocenters. The fourth-order valence-corrected chi connectivity index (χ4v) is 3.51. The predicted molar refractivity (Wildman–Crippen MR) is 99.0 cm³/mol. The van der Waals surface area contributed by atoms with E-state index in [9.17, 15) is 14.0 Å². The van der Waals surface area contributed by atoms with E-state index in [2.05, 4.69) is 10.3 Å². The van der Waals surface area contributed by atoms with Crippen molar-refractivity contribution in [3.63, 3.8) is 0 Å². The summed E-state index contributed by atoms with van der Waals surface area (Å²) in [4.78, 5) is 30.2. The molecule has 2 saturated heterocycles. The highest BCUT2D eigenvalue weighted by molar-refractivity contribution is 5.94. The van der Waals surface area contributed by atoms with Crippen LogP contribution < -0.4 is 20.7 Å². The number of amides is 2. The third-order valence-corrected chi connectivity index (χ3v) is 5.26. The first-order chi connectivity index (χ1) is 13.3. The summed E-state index contributed by atoms with van der Waals surface area (Å²) in [5.41, 5.74) is 4.13. The molecule has 152 valence electrons. The van der Waals surface area contributed by atoms with Gasteiger partial charge in [0.1, 0.15) is 17.1 Å². The number of carbonyl (C=O) groups excluding carboxylic acids is 2. The molecular weight excluding hydrogens is 367 g/mol. The van der Waals surface area contributed by atoms with Crippen LogP contribution >= 0.6 is 0 Å². The van der Waals surface area contributed by atoms with E-state index in [0.717, 1.165) is 12.8 Å². The van der Waals surface area contributed by atoms with Gasteiger partial charge in [0.2, 0.25) is 11.8 Å². The number of nitrogens with zero attached hydrogens (tertiary/aromatic N) is 2. The molecule has 0 bridgehead atoms. The number of ether oxygens (including phenoxy) is 2.